The highest BCUT2D eigenvalue weighted by Gasteiger charge is 2.40. The van der Waals surface area contributed by atoms with Crippen molar-refractivity contribution in [3.05, 3.63) is 71.8 Å². The lowest BCUT2D eigenvalue weighted by Gasteiger charge is -2.42. The number of carbonyl (C=O) groups is 1. The van der Waals surface area contributed by atoms with E-state index in [1.54, 1.807) is 6.07 Å². The monoisotopic (exact) mass is 438 g/mol. The van der Waals surface area contributed by atoms with Gasteiger partial charge in [-0.2, -0.15) is 13.2 Å². The molecule has 3 aromatic carbocycles. The predicted octanol–water partition coefficient (Wildman–Crippen LogP) is 5.74. The molecule has 0 spiro atoms. The lowest BCUT2D eigenvalue weighted by molar-refractivity contribution is -0.137. The van der Waals surface area contributed by atoms with Gasteiger partial charge in [-0.3, -0.25) is 9.69 Å². The van der Waals surface area contributed by atoms with E-state index in [4.69, 9.17) is 0 Å². The second-order valence-electron chi connectivity index (χ2n) is 9.02. The third-order valence-corrected chi connectivity index (χ3v) is 6.73. The number of nitrogens with zero attached hydrogens (tertiary/aromatic N) is 1. The summed E-state index contributed by atoms with van der Waals surface area (Å²) < 4.78 is 38.6. The molecule has 1 amide bonds. The normalized spacial score (nSPS) is 18.4. The van der Waals surface area contributed by atoms with Crippen molar-refractivity contribution in [1.82, 2.24) is 10.2 Å². The fraction of sp³-hybridized carbons (Fsp3) is 0.346. The van der Waals surface area contributed by atoms with E-state index >= 15 is 0 Å². The van der Waals surface area contributed by atoms with Gasteiger partial charge in [0.2, 0.25) is 0 Å². The Morgan fingerprint density at radius 3 is 2.41 bits per heavy atom. The third kappa shape index (κ3) is 4.11. The number of rotatable bonds is 5. The standard InChI is InChI=1S/C26H25F3N2O/c1-16(20-14-31(15-20)22-10-11-22)30-25(32)19-7-12-24-18(13-19)3-2-4-23(24)17-5-8-21(9-6-17)26(27,28)29/h2-9,12-13,16,20,22H,10-11,14-15H2,1H3,(H,30,32)/t16-/m1/s1. The highest BCUT2D eigenvalue weighted by molar-refractivity contribution is 6.02. The fourth-order valence-corrected chi connectivity index (χ4v) is 4.53. The largest absolute Gasteiger partial charge is 0.416 e. The van der Waals surface area contributed by atoms with Crippen LogP contribution in [0.3, 0.4) is 0 Å². The zero-order chi connectivity index (χ0) is 22.5. The zero-order valence-electron chi connectivity index (χ0n) is 17.8. The van der Waals surface area contributed by atoms with Crippen molar-refractivity contribution < 1.29 is 18.0 Å². The van der Waals surface area contributed by atoms with Gasteiger partial charge in [0.15, 0.2) is 0 Å². The van der Waals surface area contributed by atoms with Crippen LogP contribution in [0.2, 0.25) is 0 Å². The van der Waals surface area contributed by atoms with E-state index in [2.05, 4.69) is 17.1 Å². The molecule has 5 rings (SSSR count). The number of benzene rings is 3. The zero-order valence-corrected chi connectivity index (χ0v) is 17.8. The molecule has 2 fully saturated rings. The van der Waals surface area contributed by atoms with Crippen molar-refractivity contribution in [2.24, 2.45) is 5.92 Å². The van der Waals surface area contributed by atoms with Crippen LogP contribution in [0.25, 0.3) is 21.9 Å². The maximum atomic E-state index is 12.9. The number of nitrogens with one attached hydrogen (secondary N) is 1. The molecule has 0 aromatic heterocycles. The van der Waals surface area contributed by atoms with Crippen LogP contribution in [0, 0.1) is 5.92 Å². The first kappa shape index (κ1) is 21.0. The number of carbonyl (C=O) groups excluding carboxylic acids is 1. The Morgan fingerprint density at radius 1 is 1.03 bits per heavy atom. The summed E-state index contributed by atoms with van der Waals surface area (Å²) in [5.74, 6) is 0.399. The molecular weight excluding hydrogens is 413 g/mol. The Labute approximate surface area is 185 Å². The number of alkyl halides is 3. The quantitative estimate of drug-likeness (QED) is 0.551. The molecule has 6 heteroatoms. The molecule has 1 heterocycles. The Kier molecular flexibility index (Phi) is 5.20. The number of amides is 1. The molecule has 0 radical (unpaired) electrons. The summed E-state index contributed by atoms with van der Waals surface area (Å²) in [6.07, 6.45) is -1.75. The van der Waals surface area contributed by atoms with Gasteiger partial charge < -0.3 is 5.32 Å². The van der Waals surface area contributed by atoms with Gasteiger partial charge in [0.25, 0.3) is 5.91 Å². The average Bonchev–Trinajstić information content (AvgIpc) is 3.56. The maximum Gasteiger partial charge on any atom is 0.416 e. The van der Waals surface area contributed by atoms with E-state index in [1.807, 2.05) is 30.3 Å². The second-order valence-corrected chi connectivity index (χ2v) is 9.02. The summed E-state index contributed by atoms with van der Waals surface area (Å²) in [4.78, 5) is 15.3. The lowest BCUT2D eigenvalue weighted by atomic mass is 9.92. The number of hydrogen-bond donors (Lipinski definition) is 1. The van der Waals surface area contributed by atoms with E-state index in [0.29, 0.717) is 17.0 Å². The van der Waals surface area contributed by atoms with Gasteiger partial charge in [-0.25, -0.2) is 0 Å². The molecule has 3 aromatic rings. The minimum absolute atomic E-state index is 0.0933. The fourth-order valence-electron chi connectivity index (χ4n) is 4.53. The van der Waals surface area contributed by atoms with Crippen molar-refractivity contribution in [3.8, 4) is 11.1 Å². The minimum Gasteiger partial charge on any atom is -0.349 e. The summed E-state index contributed by atoms with van der Waals surface area (Å²) in [5, 5.41) is 4.92. The average molecular weight is 438 g/mol. The molecule has 1 atom stereocenters. The molecule has 3 nitrogen and oxygen atoms in total. The Bertz CT molecular complexity index is 1150. The highest BCUT2D eigenvalue weighted by Crippen LogP contribution is 2.35. The first-order chi connectivity index (χ1) is 15.3. The molecule has 1 aliphatic carbocycles. The number of likely N-dealkylation sites (tertiary alicyclic amines) is 1. The molecule has 1 aliphatic heterocycles. The van der Waals surface area contributed by atoms with Crippen LogP contribution >= 0.6 is 0 Å². The smallest absolute Gasteiger partial charge is 0.349 e. The summed E-state index contributed by atoms with van der Waals surface area (Å²) in [5.41, 5.74) is 1.47. The predicted molar refractivity (Wildman–Crippen MR) is 119 cm³/mol. The van der Waals surface area contributed by atoms with E-state index in [9.17, 15) is 18.0 Å². The van der Waals surface area contributed by atoms with E-state index < -0.39 is 11.7 Å². The second kappa shape index (κ2) is 7.93. The lowest BCUT2D eigenvalue weighted by Crippen LogP contribution is -2.56. The first-order valence-corrected chi connectivity index (χ1v) is 11.0. The Balaban J connectivity index is 1.33. The maximum absolute atomic E-state index is 12.9. The third-order valence-electron chi connectivity index (χ3n) is 6.73. The van der Waals surface area contributed by atoms with Crippen LogP contribution in [0.4, 0.5) is 13.2 Å². The van der Waals surface area contributed by atoms with E-state index in [1.165, 1.54) is 25.0 Å². The van der Waals surface area contributed by atoms with Gasteiger partial charge in [0.1, 0.15) is 0 Å². The molecule has 1 saturated carbocycles. The SMILES string of the molecule is C[C@@H](NC(=O)c1ccc2c(-c3ccc(C(F)(F)F)cc3)cccc2c1)C1CN(C2CC2)C1. The van der Waals surface area contributed by atoms with Gasteiger partial charge in [-0.05, 0) is 65.9 Å². The molecule has 32 heavy (non-hydrogen) atoms. The van der Waals surface area contributed by atoms with Crippen molar-refractivity contribution in [2.45, 2.75) is 38.0 Å². The van der Waals surface area contributed by atoms with E-state index in [0.717, 1.165) is 47.6 Å². The topological polar surface area (TPSA) is 32.3 Å². The van der Waals surface area contributed by atoms with Crippen molar-refractivity contribution in [2.75, 3.05) is 13.1 Å². The van der Waals surface area contributed by atoms with Gasteiger partial charge in [0.05, 0.1) is 5.56 Å². The minimum atomic E-state index is -4.35. The Morgan fingerprint density at radius 2 is 1.75 bits per heavy atom. The number of hydrogen-bond acceptors (Lipinski definition) is 2. The molecular formula is C26H25F3N2O. The molecule has 1 N–H and O–H groups in total. The van der Waals surface area contributed by atoms with Gasteiger partial charge in [-0.15, -0.1) is 0 Å². The van der Waals surface area contributed by atoms with Crippen LogP contribution < -0.4 is 5.32 Å². The first-order valence-electron chi connectivity index (χ1n) is 11.0. The van der Waals surface area contributed by atoms with E-state index in [-0.39, 0.29) is 11.9 Å². The van der Waals surface area contributed by atoms with Crippen molar-refractivity contribution in [1.29, 1.82) is 0 Å². The van der Waals surface area contributed by atoms with Gasteiger partial charge in [0, 0.05) is 36.7 Å². The van der Waals surface area contributed by atoms with Crippen LogP contribution in [0.5, 0.6) is 0 Å². The summed E-state index contributed by atoms with van der Waals surface area (Å²) in [7, 11) is 0. The van der Waals surface area contributed by atoms with Crippen LogP contribution in [0.15, 0.2) is 60.7 Å². The molecule has 2 aliphatic rings. The molecule has 1 saturated heterocycles. The molecule has 0 unspecified atom stereocenters. The summed E-state index contributed by atoms with van der Waals surface area (Å²) in [6.45, 7) is 4.18. The number of halogens is 3. The summed E-state index contributed by atoms with van der Waals surface area (Å²) in [6, 6.07) is 17.2. The van der Waals surface area contributed by atoms with Crippen molar-refractivity contribution >= 4 is 16.7 Å². The van der Waals surface area contributed by atoms with Gasteiger partial charge in [-0.1, -0.05) is 36.4 Å². The molecule has 166 valence electrons. The van der Waals surface area contributed by atoms with Crippen LogP contribution in [-0.4, -0.2) is 36.0 Å². The van der Waals surface area contributed by atoms with Crippen LogP contribution in [0.1, 0.15) is 35.7 Å². The highest BCUT2D eigenvalue weighted by atomic mass is 19.4. The van der Waals surface area contributed by atoms with Gasteiger partial charge >= 0.3 is 6.18 Å². The molecule has 0 bridgehead atoms. The summed E-state index contributed by atoms with van der Waals surface area (Å²) >= 11 is 0. The number of fused-ring (bicyclic) bond motifs is 1. The Hall–Kier alpha value is -2.86. The van der Waals surface area contributed by atoms with Crippen molar-refractivity contribution in [3.63, 3.8) is 0 Å². The van der Waals surface area contributed by atoms with Crippen LogP contribution in [-0.2, 0) is 6.18 Å².